The van der Waals surface area contributed by atoms with E-state index in [0.717, 1.165) is 29.1 Å². The lowest BCUT2D eigenvalue weighted by Gasteiger charge is -2.33. The summed E-state index contributed by atoms with van der Waals surface area (Å²) >= 11 is 0. The molecule has 1 saturated heterocycles. The van der Waals surface area contributed by atoms with Crippen LogP contribution in [0.4, 0.5) is 0 Å². The van der Waals surface area contributed by atoms with Crippen LogP contribution in [0.25, 0.3) is 0 Å². The van der Waals surface area contributed by atoms with Crippen LogP contribution in [0, 0.1) is 13.8 Å². The van der Waals surface area contributed by atoms with E-state index in [2.05, 4.69) is 15.1 Å². The van der Waals surface area contributed by atoms with Crippen molar-refractivity contribution in [2.75, 3.05) is 19.7 Å². The SMILES string of the molecule is Cc1nn(C)c(C)c1CC(=O)N1CCO[C@H](CCc2cc(=O)[nH]cn2)C1. The molecule has 1 aliphatic rings. The number of carbonyl (C=O) groups excluding carboxylic acids is 1. The number of aromatic amines is 1. The van der Waals surface area contributed by atoms with Crippen molar-refractivity contribution >= 4 is 5.91 Å². The quantitative estimate of drug-likeness (QED) is 0.840. The first kappa shape index (κ1) is 18.3. The van der Waals surface area contributed by atoms with Gasteiger partial charge in [0.05, 0.1) is 31.2 Å². The molecule has 0 saturated carbocycles. The monoisotopic (exact) mass is 359 g/mol. The number of nitrogens with one attached hydrogen (secondary N) is 1. The number of carbonyl (C=O) groups is 1. The molecule has 1 fully saturated rings. The van der Waals surface area contributed by atoms with Crippen molar-refractivity contribution in [3.8, 4) is 0 Å². The highest BCUT2D eigenvalue weighted by molar-refractivity contribution is 5.79. The fourth-order valence-corrected chi connectivity index (χ4v) is 3.31. The van der Waals surface area contributed by atoms with Crippen LogP contribution in [0.2, 0.25) is 0 Å². The van der Waals surface area contributed by atoms with Gasteiger partial charge in [-0.05, 0) is 26.7 Å². The van der Waals surface area contributed by atoms with Gasteiger partial charge in [-0.25, -0.2) is 4.98 Å². The summed E-state index contributed by atoms with van der Waals surface area (Å²) in [6, 6.07) is 1.50. The largest absolute Gasteiger partial charge is 0.375 e. The van der Waals surface area contributed by atoms with Crippen LogP contribution in [0.3, 0.4) is 0 Å². The number of rotatable bonds is 5. The van der Waals surface area contributed by atoms with Crippen molar-refractivity contribution in [3.63, 3.8) is 0 Å². The van der Waals surface area contributed by atoms with E-state index in [1.54, 1.807) is 0 Å². The van der Waals surface area contributed by atoms with Gasteiger partial charge in [-0.3, -0.25) is 14.3 Å². The van der Waals surface area contributed by atoms with Crippen molar-refractivity contribution < 1.29 is 9.53 Å². The maximum Gasteiger partial charge on any atom is 0.250 e. The molecule has 1 N–H and O–H groups in total. The Bertz CT molecular complexity index is 842. The Morgan fingerprint density at radius 2 is 2.23 bits per heavy atom. The van der Waals surface area contributed by atoms with Crippen LogP contribution in [-0.2, 0) is 29.4 Å². The van der Waals surface area contributed by atoms with Crippen molar-refractivity contribution in [2.45, 2.75) is 39.2 Å². The van der Waals surface area contributed by atoms with E-state index >= 15 is 0 Å². The maximum absolute atomic E-state index is 12.7. The first-order chi connectivity index (χ1) is 12.4. The summed E-state index contributed by atoms with van der Waals surface area (Å²) in [5, 5.41) is 4.38. The summed E-state index contributed by atoms with van der Waals surface area (Å²) in [4.78, 5) is 32.6. The molecule has 0 aromatic carbocycles. The lowest BCUT2D eigenvalue weighted by Crippen LogP contribution is -2.46. The number of ether oxygens (including phenoxy) is 1. The van der Waals surface area contributed by atoms with Crippen LogP contribution in [0.5, 0.6) is 0 Å². The van der Waals surface area contributed by atoms with Gasteiger partial charge in [0.1, 0.15) is 0 Å². The lowest BCUT2D eigenvalue weighted by atomic mass is 10.1. The van der Waals surface area contributed by atoms with Crippen molar-refractivity contribution in [2.24, 2.45) is 7.05 Å². The van der Waals surface area contributed by atoms with E-state index in [0.29, 0.717) is 32.5 Å². The fraction of sp³-hybridized carbons (Fsp3) is 0.556. The summed E-state index contributed by atoms with van der Waals surface area (Å²) < 4.78 is 7.60. The highest BCUT2D eigenvalue weighted by atomic mass is 16.5. The van der Waals surface area contributed by atoms with Crippen LogP contribution < -0.4 is 5.56 Å². The molecule has 140 valence electrons. The molecule has 26 heavy (non-hydrogen) atoms. The molecular formula is C18H25N5O3. The van der Waals surface area contributed by atoms with Crippen molar-refractivity contribution in [1.82, 2.24) is 24.6 Å². The molecule has 2 aromatic rings. The van der Waals surface area contributed by atoms with Gasteiger partial charge in [-0.1, -0.05) is 0 Å². The number of hydrogen-bond donors (Lipinski definition) is 1. The predicted molar refractivity (Wildman–Crippen MR) is 95.9 cm³/mol. The third kappa shape index (κ3) is 4.19. The minimum atomic E-state index is -0.154. The molecule has 8 nitrogen and oxygen atoms in total. The maximum atomic E-state index is 12.7. The van der Waals surface area contributed by atoms with Gasteiger partial charge >= 0.3 is 0 Å². The first-order valence-electron chi connectivity index (χ1n) is 8.86. The molecule has 0 aliphatic carbocycles. The first-order valence-corrected chi connectivity index (χ1v) is 8.86. The number of aryl methyl sites for hydroxylation is 3. The average molecular weight is 359 g/mol. The smallest absolute Gasteiger partial charge is 0.250 e. The van der Waals surface area contributed by atoms with E-state index < -0.39 is 0 Å². The van der Waals surface area contributed by atoms with Crippen molar-refractivity contribution in [3.05, 3.63) is 45.4 Å². The molecule has 0 spiro atoms. The van der Waals surface area contributed by atoms with E-state index in [1.165, 1.54) is 12.4 Å². The Labute approximate surface area is 152 Å². The van der Waals surface area contributed by atoms with Gasteiger partial charge in [-0.15, -0.1) is 0 Å². The fourth-order valence-electron chi connectivity index (χ4n) is 3.31. The molecule has 0 radical (unpaired) electrons. The van der Waals surface area contributed by atoms with E-state index in [-0.39, 0.29) is 17.6 Å². The normalized spacial score (nSPS) is 17.5. The number of aromatic nitrogens is 4. The Morgan fingerprint density at radius 1 is 1.42 bits per heavy atom. The van der Waals surface area contributed by atoms with Gasteiger partial charge in [0.25, 0.3) is 5.56 Å². The molecule has 3 heterocycles. The second-order valence-corrected chi connectivity index (χ2v) is 6.72. The number of H-pyrrole nitrogens is 1. The van der Waals surface area contributed by atoms with Gasteiger partial charge in [0, 0.05) is 43.2 Å². The molecule has 1 atom stereocenters. The van der Waals surface area contributed by atoms with Crippen LogP contribution in [0.15, 0.2) is 17.2 Å². The van der Waals surface area contributed by atoms with Gasteiger partial charge in [-0.2, -0.15) is 5.10 Å². The Kier molecular flexibility index (Phi) is 5.51. The van der Waals surface area contributed by atoms with E-state index in [4.69, 9.17) is 4.74 Å². The van der Waals surface area contributed by atoms with Gasteiger partial charge in [0.15, 0.2) is 0 Å². The summed E-state index contributed by atoms with van der Waals surface area (Å²) in [6.07, 6.45) is 3.12. The highest BCUT2D eigenvalue weighted by Crippen LogP contribution is 2.16. The second kappa shape index (κ2) is 7.82. The average Bonchev–Trinajstić information content (AvgIpc) is 2.86. The minimum Gasteiger partial charge on any atom is -0.375 e. The van der Waals surface area contributed by atoms with Crippen LogP contribution >= 0.6 is 0 Å². The third-order valence-electron chi connectivity index (χ3n) is 4.94. The van der Waals surface area contributed by atoms with Crippen LogP contribution in [0.1, 0.15) is 29.1 Å². The molecule has 2 aromatic heterocycles. The minimum absolute atomic E-state index is 0.0371. The van der Waals surface area contributed by atoms with E-state index in [1.807, 2.05) is 30.5 Å². The third-order valence-corrected chi connectivity index (χ3v) is 4.94. The topological polar surface area (TPSA) is 93.1 Å². The van der Waals surface area contributed by atoms with E-state index in [9.17, 15) is 9.59 Å². The summed E-state index contributed by atoms with van der Waals surface area (Å²) in [7, 11) is 1.89. The Balaban J connectivity index is 1.57. The highest BCUT2D eigenvalue weighted by Gasteiger charge is 2.25. The number of nitrogens with zero attached hydrogens (tertiary/aromatic N) is 4. The van der Waals surface area contributed by atoms with Gasteiger partial charge < -0.3 is 14.6 Å². The second-order valence-electron chi connectivity index (χ2n) is 6.72. The predicted octanol–water partition coefficient (Wildman–Crippen LogP) is 0.523. The molecule has 8 heteroatoms. The standard InChI is InChI=1S/C18H25N5O3/c1-12-16(13(2)22(3)21-12)9-18(25)23-6-7-26-15(10-23)5-4-14-8-17(24)20-11-19-14/h8,11,15H,4-7,9-10H2,1-3H3,(H,19,20,24)/t15-/m1/s1. The van der Waals surface area contributed by atoms with Crippen LogP contribution in [-0.4, -0.2) is 56.4 Å². The molecule has 1 aliphatic heterocycles. The molecule has 0 bridgehead atoms. The summed E-state index contributed by atoms with van der Waals surface area (Å²) in [6.45, 7) is 5.63. The lowest BCUT2D eigenvalue weighted by molar-refractivity contribution is -0.138. The molecular weight excluding hydrogens is 334 g/mol. The Morgan fingerprint density at radius 3 is 2.92 bits per heavy atom. The zero-order chi connectivity index (χ0) is 18.7. The van der Waals surface area contributed by atoms with Crippen molar-refractivity contribution in [1.29, 1.82) is 0 Å². The summed E-state index contributed by atoms with van der Waals surface area (Å²) in [5.41, 5.74) is 3.53. The number of morpholine rings is 1. The molecule has 0 unspecified atom stereocenters. The zero-order valence-electron chi connectivity index (χ0n) is 15.5. The number of hydrogen-bond acceptors (Lipinski definition) is 5. The molecule has 3 rings (SSSR count). The molecule has 1 amide bonds. The van der Waals surface area contributed by atoms with Gasteiger partial charge in [0.2, 0.25) is 5.91 Å². The Hall–Kier alpha value is -2.48. The number of amides is 1. The zero-order valence-corrected chi connectivity index (χ0v) is 15.5. The summed E-state index contributed by atoms with van der Waals surface area (Å²) in [5.74, 6) is 0.104.